The lowest BCUT2D eigenvalue weighted by Gasteiger charge is -2.22. The molecule has 2 unspecified atom stereocenters. The first-order valence-corrected chi connectivity index (χ1v) is 8.68. The second-order valence-corrected chi connectivity index (χ2v) is 6.48. The number of rotatable bonds is 7. The Bertz CT molecular complexity index is 690. The maximum atomic E-state index is 11.6. The van der Waals surface area contributed by atoms with Crippen molar-refractivity contribution >= 4 is 5.91 Å². The van der Waals surface area contributed by atoms with Crippen LogP contribution in [0.1, 0.15) is 31.4 Å². The molecule has 6 nitrogen and oxygen atoms in total. The van der Waals surface area contributed by atoms with Gasteiger partial charge < -0.3 is 15.3 Å². The summed E-state index contributed by atoms with van der Waals surface area (Å²) in [4.78, 5) is 21.4. The third-order valence-corrected chi connectivity index (χ3v) is 4.57. The van der Waals surface area contributed by atoms with E-state index in [0.717, 1.165) is 29.7 Å². The van der Waals surface area contributed by atoms with Gasteiger partial charge in [0.05, 0.1) is 6.10 Å². The van der Waals surface area contributed by atoms with Crippen LogP contribution in [0.2, 0.25) is 0 Å². The molecule has 1 fully saturated rings. The highest BCUT2D eigenvalue weighted by Gasteiger charge is 2.22. The van der Waals surface area contributed by atoms with Gasteiger partial charge in [-0.2, -0.15) is 0 Å². The van der Waals surface area contributed by atoms with E-state index in [2.05, 4.69) is 34.3 Å². The van der Waals surface area contributed by atoms with E-state index in [1.165, 1.54) is 6.33 Å². The molecule has 1 amide bonds. The van der Waals surface area contributed by atoms with E-state index in [9.17, 15) is 9.90 Å². The summed E-state index contributed by atoms with van der Waals surface area (Å²) in [6, 6.07) is 8.34. The standard InChI is InChI=1S/C19H24N4O2/c1-14(22-11-18(24)12-23-8-2-3-19(23)25)15-4-6-16(7-5-15)17-9-20-13-21-10-17/h4-7,9-10,13-14,18,22,24H,2-3,8,11-12H2,1H3. The van der Waals surface area contributed by atoms with Crippen molar-refractivity contribution < 1.29 is 9.90 Å². The van der Waals surface area contributed by atoms with Gasteiger partial charge in [0.15, 0.2) is 0 Å². The number of aliphatic hydroxyl groups is 1. The van der Waals surface area contributed by atoms with Gasteiger partial charge in [-0.3, -0.25) is 4.79 Å². The van der Waals surface area contributed by atoms with E-state index >= 15 is 0 Å². The van der Waals surface area contributed by atoms with E-state index in [-0.39, 0.29) is 11.9 Å². The summed E-state index contributed by atoms with van der Waals surface area (Å²) in [5.74, 6) is 0.146. The molecule has 2 heterocycles. The smallest absolute Gasteiger partial charge is 0.222 e. The molecule has 0 saturated carbocycles. The minimum Gasteiger partial charge on any atom is -0.390 e. The van der Waals surface area contributed by atoms with Crippen LogP contribution in [0.15, 0.2) is 43.0 Å². The van der Waals surface area contributed by atoms with Crippen molar-refractivity contribution in [1.29, 1.82) is 0 Å². The zero-order chi connectivity index (χ0) is 17.6. The van der Waals surface area contributed by atoms with Gasteiger partial charge >= 0.3 is 0 Å². The van der Waals surface area contributed by atoms with Crippen LogP contribution in [-0.4, -0.2) is 51.6 Å². The Kier molecular flexibility index (Phi) is 5.73. The number of amides is 1. The quantitative estimate of drug-likeness (QED) is 0.803. The number of nitrogens with one attached hydrogen (secondary N) is 1. The number of nitrogens with zero attached hydrogens (tertiary/aromatic N) is 3. The predicted octanol–water partition coefficient (Wildman–Crippen LogP) is 1.78. The third-order valence-electron chi connectivity index (χ3n) is 4.57. The van der Waals surface area contributed by atoms with Gasteiger partial charge in [-0.05, 0) is 24.5 Å². The second-order valence-electron chi connectivity index (χ2n) is 6.48. The SMILES string of the molecule is CC(NCC(O)CN1CCCC1=O)c1ccc(-c2cncnc2)cc1. The van der Waals surface area contributed by atoms with Crippen LogP contribution in [0.4, 0.5) is 0 Å². The largest absolute Gasteiger partial charge is 0.390 e. The molecule has 132 valence electrons. The van der Waals surface area contributed by atoms with Crippen molar-refractivity contribution in [3.05, 3.63) is 48.5 Å². The fourth-order valence-electron chi connectivity index (χ4n) is 3.06. The minimum atomic E-state index is -0.551. The van der Waals surface area contributed by atoms with E-state index in [1.54, 1.807) is 17.3 Å². The van der Waals surface area contributed by atoms with Crippen LogP contribution in [0.3, 0.4) is 0 Å². The van der Waals surface area contributed by atoms with E-state index in [1.807, 2.05) is 12.1 Å². The minimum absolute atomic E-state index is 0.116. The van der Waals surface area contributed by atoms with Crippen molar-refractivity contribution in [2.45, 2.75) is 31.9 Å². The van der Waals surface area contributed by atoms with Crippen LogP contribution in [0.5, 0.6) is 0 Å². The molecule has 0 aliphatic carbocycles. The highest BCUT2D eigenvalue weighted by molar-refractivity contribution is 5.78. The molecule has 6 heteroatoms. The Hall–Kier alpha value is -2.31. The molecule has 0 spiro atoms. The summed E-state index contributed by atoms with van der Waals surface area (Å²) < 4.78 is 0. The normalized spacial score (nSPS) is 16.9. The molecule has 1 saturated heterocycles. The van der Waals surface area contributed by atoms with Crippen LogP contribution in [-0.2, 0) is 4.79 Å². The summed E-state index contributed by atoms with van der Waals surface area (Å²) in [7, 11) is 0. The van der Waals surface area contributed by atoms with Crippen LogP contribution in [0.25, 0.3) is 11.1 Å². The van der Waals surface area contributed by atoms with Crippen molar-refractivity contribution in [2.75, 3.05) is 19.6 Å². The van der Waals surface area contributed by atoms with Gasteiger partial charge in [0.2, 0.25) is 5.91 Å². The Labute approximate surface area is 147 Å². The van der Waals surface area contributed by atoms with Crippen molar-refractivity contribution in [2.24, 2.45) is 0 Å². The molecule has 1 aliphatic rings. The van der Waals surface area contributed by atoms with Crippen LogP contribution >= 0.6 is 0 Å². The van der Waals surface area contributed by atoms with E-state index in [4.69, 9.17) is 0 Å². The van der Waals surface area contributed by atoms with Crippen molar-refractivity contribution in [3.8, 4) is 11.1 Å². The summed E-state index contributed by atoms with van der Waals surface area (Å²) in [6.07, 6.45) is 6.05. The Morgan fingerprint density at radius 1 is 1.20 bits per heavy atom. The Balaban J connectivity index is 1.51. The zero-order valence-corrected chi connectivity index (χ0v) is 14.4. The molecule has 1 aromatic carbocycles. The number of hydrogen-bond acceptors (Lipinski definition) is 5. The van der Waals surface area contributed by atoms with Gasteiger partial charge in [-0.15, -0.1) is 0 Å². The van der Waals surface area contributed by atoms with Gasteiger partial charge in [-0.1, -0.05) is 24.3 Å². The van der Waals surface area contributed by atoms with Crippen LogP contribution < -0.4 is 5.32 Å². The lowest BCUT2D eigenvalue weighted by Crippen LogP contribution is -2.39. The molecule has 2 aromatic rings. The van der Waals surface area contributed by atoms with Gasteiger partial charge in [-0.25, -0.2) is 9.97 Å². The molecular weight excluding hydrogens is 316 g/mol. The number of β-amino-alcohol motifs (C(OH)–C–C–N with tert-alkyl or cyclic N) is 1. The highest BCUT2D eigenvalue weighted by atomic mass is 16.3. The number of hydrogen-bond donors (Lipinski definition) is 2. The van der Waals surface area contributed by atoms with E-state index < -0.39 is 6.10 Å². The molecule has 3 rings (SSSR count). The lowest BCUT2D eigenvalue weighted by atomic mass is 10.0. The first kappa shape index (κ1) is 17.5. The third kappa shape index (κ3) is 4.61. The van der Waals surface area contributed by atoms with Gasteiger partial charge in [0, 0.05) is 50.1 Å². The average Bonchev–Trinajstić information content (AvgIpc) is 3.05. The fourth-order valence-corrected chi connectivity index (χ4v) is 3.06. The topological polar surface area (TPSA) is 78.4 Å². The molecule has 1 aromatic heterocycles. The summed E-state index contributed by atoms with van der Waals surface area (Å²) in [5, 5.41) is 13.5. The molecule has 2 N–H and O–H groups in total. The summed E-state index contributed by atoms with van der Waals surface area (Å²) in [6.45, 7) is 3.69. The number of carbonyl (C=O) groups excluding carboxylic acids is 1. The predicted molar refractivity (Wildman–Crippen MR) is 95.7 cm³/mol. The maximum absolute atomic E-state index is 11.6. The first-order chi connectivity index (χ1) is 12.1. The Morgan fingerprint density at radius 2 is 1.92 bits per heavy atom. The lowest BCUT2D eigenvalue weighted by molar-refractivity contribution is -0.128. The van der Waals surface area contributed by atoms with Gasteiger partial charge in [0.1, 0.15) is 6.33 Å². The number of likely N-dealkylation sites (tertiary alicyclic amines) is 1. The zero-order valence-electron chi connectivity index (χ0n) is 14.4. The van der Waals surface area contributed by atoms with Crippen molar-refractivity contribution in [3.63, 3.8) is 0 Å². The molecule has 2 atom stereocenters. The summed E-state index contributed by atoms with van der Waals surface area (Å²) >= 11 is 0. The molecular formula is C19H24N4O2. The molecule has 0 radical (unpaired) electrons. The second kappa shape index (κ2) is 8.18. The first-order valence-electron chi connectivity index (χ1n) is 8.68. The highest BCUT2D eigenvalue weighted by Crippen LogP contribution is 2.20. The number of aliphatic hydroxyl groups excluding tert-OH is 1. The van der Waals surface area contributed by atoms with Crippen LogP contribution in [0, 0.1) is 0 Å². The molecule has 0 bridgehead atoms. The monoisotopic (exact) mass is 340 g/mol. The molecule has 25 heavy (non-hydrogen) atoms. The van der Waals surface area contributed by atoms with Crippen molar-refractivity contribution in [1.82, 2.24) is 20.2 Å². The van der Waals surface area contributed by atoms with Gasteiger partial charge in [0.25, 0.3) is 0 Å². The average molecular weight is 340 g/mol. The summed E-state index contributed by atoms with van der Waals surface area (Å²) in [5.41, 5.74) is 3.20. The maximum Gasteiger partial charge on any atom is 0.222 e. The fraction of sp³-hybridized carbons (Fsp3) is 0.421. The number of aromatic nitrogens is 2. The Morgan fingerprint density at radius 3 is 2.56 bits per heavy atom. The van der Waals surface area contributed by atoms with E-state index in [0.29, 0.717) is 19.5 Å². The molecule has 1 aliphatic heterocycles. The number of carbonyl (C=O) groups is 1. The number of benzene rings is 1.